The number of anilines is 1. The molecule has 1 aliphatic heterocycles. The minimum absolute atomic E-state index is 0.0233. The number of aliphatic carboxylic acids is 1. The van der Waals surface area contributed by atoms with Crippen molar-refractivity contribution in [3.63, 3.8) is 0 Å². The van der Waals surface area contributed by atoms with Crippen LogP contribution in [0.25, 0.3) is 0 Å². The molecule has 0 bridgehead atoms. The molecule has 7 heteroatoms. The van der Waals surface area contributed by atoms with Crippen LogP contribution in [0.3, 0.4) is 0 Å². The number of nitrogens with one attached hydrogen (secondary N) is 1. The van der Waals surface area contributed by atoms with Crippen LogP contribution in [0.2, 0.25) is 0 Å². The van der Waals surface area contributed by atoms with Crippen molar-refractivity contribution in [1.29, 1.82) is 0 Å². The topological polar surface area (TPSA) is 86.7 Å². The normalized spacial score (nSPS) is 20.2. The van der Waals surface area contributed by atoms with Crippen molar-refractivity contribution in [1.82, 2.24) is 4.31 Å². The Hall–Kier alpha value is -1.60. The Morgan fingerprint density at radius 3 is 2.76 bits per heavy atom. The van der Waals surface area contributed by atoms with Gasteiger partial charge in [0.1, 0.15) is 0 Å². The molecule has 6 nitrogen and oxygen atoms in total. The average molecular weight is 312 g/mol. The standard InChI is InChI=1S/C14H20N2O4S/c1-10-5-6-11(2)13(8-10)15-21(19,20)16-7-3-4-12(9-16)14(17)18/h5-6,8,12,15H,3-4,7,9H2,1-2H3,(H,17,18). The summed E-state index contributed by atoms with van der Waals surface area (Å²) in [5, 5.41) is 9.05. The van der Waals surface area contributed by atoms with Crippen molar-refractivity contribution in [2.24, 2.45) is 5.92 Å². The summed E-state index contributed by atoms with van der Waals surface area (Å²) < 4.78 is 28.6. The van der Waals surface area contributed by atoms with Gasteiger partial charge in [-0.3, -0.25) is 9.52 Å². The number of carboxylic acid groups (broad SMARTS) is 1. The van der Waals surface area contributed by atoms with E-state index in [4.69, 9.17) is 5.11 Å². The zero-order valence-corrected chi connectivity index (χ0v) is 13.0. The molecule has 1 heterocycles. The van der Waals surface area contributed by atoms with Gasteiger partial charge in [0.2, 0.25) is 0 Å². The molecule has 2 N–H and O–H groups in total. The number of benzene rings is 1. The number of aryl methyl sites for hydroxylation is 2. The minimum Gasteiger partial charge on any atom is -0.481 e. The number of piperidine rings is 1. The predicted octanol–water partition coefficient (Wildman–Crippen LogP) is 1.76. The third-order valence-corrected chi connectivity index (χ3v) is 5.19. The second-order valence-corrected chi connectivity index (χ2v) is 7.13. The summed E-state index contributed by atoms with van der Waals surface area (Å²) in [7, 11) is -3.72. The van der Waals surface area contributed by atoms with Crippen LogP contribution < -0.4 is 4.72 Å². The number of hydrogen-bond acceptors (Lipinski definition) is 3. The van der Waals surface area contributed by atoms with Crippen LogP contribution in [0.5, 0.6) is 0 Å². The molecule has 0 spiro atoms. The van der Waals surface area contributed by atoms with E-state index in [0.29, 0.717) is 25.1 Å². The number of carbonyl (C=O) groups is 1. The van der Waals surface area contributed by atoms with Crippen LogP contribution in [0.15, 0.2) is 18.2 Å². The first kappa shape index (κ1) is 15.8. The van der Waals surface area contributed by atoms with E-state index >= 15 is 0 Å². The van der Waals surface area contributed by atoms with E-state index in [1.54, 1.807) is 6.07 Å². The van der Waals surface area contributed by atoms with Crippen molar-refractivity contribution in [2.45, 2.75) is 26.7 Å². The summed E-state index contributed by atoms with van der Waals surface area (Å²) in [6.07, 6.45) is 1.08. The highest BCUT2D eigenvalue weighted by Gasteiger charge is 2.32. The molecule has 0 radical (unpaired) electrons. The largest absolute Gasteiger partial charge is 0.481 e. The van der Waals surface area contributed by atoms with E-state index < -0.39 is 22.1 Å². The number of rotatable bonds is 4. The summed E-state index contributed by atoms with van der Waals surface area (Å²) in [4.78, 5) is 11.0. The van der Waals surface area contributed by atoms with Crippen LogP contribution in [-0.2, 0) is 15.0 Å². The molecular weight excluding hydrogens is 292 g/mol. The van der Waals surface area contributed by atoms with E-state index in [1.807, 2.05) is 26.0 Å². The second-order valence-electron chi connectivity index (χ2n) is 5.46. The van der Waals surface area contributed by atoms with Gasteiger partial charge in [0.25, 0.3) is 0 Å². The number of nitrogens with zero attached hydrogens (tertiary/aromatic N) is 1. The quantitative estimate of drug-likeness (QED) is 0.887. The maximum Gasteiger partial charge on any atom is 0.307 e. The van der Waals surface area contributed by atoms with Crippen molar-refractivity contribution in [3.8, 4) is 0 Å². The molecule has 0 saturated carbocycles. The molecule has 1 aromatic carbocycles. The SMILES string of the molecule is Cc1ccc(C)c(NS(=O)(=O)N2CCCC(C(=O)O)C2)c1. The summed E-state index contributed by atoms with van der Waals surface area (Å²) >= 11 is 0. The van der Waals surface area contributed by atoms with Crippen LogP contribution in [0.4, 0.5) is 5.69 Å². The lowest BCUT2D eigenvalue weighted by Gasteiger charge is -2.30. The van der Waals surface area contributed by atoms with E-state index in [0.717, 1.165) is 11.1 Å². The van der Waals surface area contributed by atoms with Gasteiger partial charge >= 0.3 is 16.2 Å². The van der Waals surface area contributed by atoms with Gasteiger partial charge in [-0.15, -0.1) is 0 Å². The van der Waals surface area contributed by atoms with Crippen molar-refractivity contribution in [3.05, 3.63) is 29.3 Å². The fourth-order valence-corrected chi connectivity index (χ4v) is 3.78. The highest BCUT2D eigenvalue weighted by Crippen LogP contribution is 2.23. The van der Waals surface area contributed by atoms with Crippen LogP contribution in [0.1, 0.15) is 24.0 Å². The van der Waals surface area contributed by atoms with E-state index in [2.05, 4.69) is 4.72 Å². The van der Waals surface area contributed by atoms with E-state index in [-0.39, 0.29) is 6.54 Å². The zero-order chi connectivity index (χ0) is 15.6. The highest BCUT2D eigenvalue weighted by atomic mass is 32.2. The van der Waals surface area contributed by atoms with Crippen molar-refractivity contribution >= 4 is 21.9 Å². The fourth-order valence-electron chi connectivity index (χ4n) is 2.41. The zero-order valence-electron chi connectivity index (χ0n) is 12.2. The van der Waals surface area contributed by atoms with Gasteiger partial charge in [0.05, 0.1) is 11.6 Å². The van der Waals surface area contributed by atoms with Gasteiger partial charge in [-0.05, 0) is 43.9 Å². The molecule has 1 saturated heterocycles. The first-order chi connectivity index (χ1) is 9.79. The summed E-state index contributed by atoms with van der Waals surface area (Å²) in [5.41, 5.74) is 2.32. The van der Waals surface area contributed by atoms with E-state index in [9.17, 15) is 13.2 Å². The molecule has 1 atom stereocenters. The van der Waals surface area contributed by atoms with E-state index in [1.165, 1.54) is 4.31 Å². The Balaban J connectivity index is 2.18. The predicted molar refractivity (Wildman–Crippen MR) is 80.4 cm³/mol. The smallest absolute Gasteiger partial charge is 0.307 e. The maximum absolute atomic E-state index is 12.4. The Bertz CT molecular complexity index is 642. The van der Waals surface area contributed by atoms with Gasteiger partial charge in [-0.25, -0.2) is 0 Å². The first-order valence-electron chi connectivity index (χ1n) is 6.87. The molecule has 1 fully saturated rings. The van der Waals surface area contributed by atoms with Crippen molar-refractivity contribution < 1.29 is 18.3 Å². The molecule has 0 aliphatic carbocycles. The van der Waals surface area contributed by atoms with Gasteiger partial charge in [0, 0.05) is 13.1 Å². The van der Waals surface area contributed by atoms with Crippen LogP contribution in [-0.4, -0.2) is 36.9 Å². The van der Waals surface area contributed by atoms with Gasteiger partial charge < -0.3 is 5.11 Å². The van der Waals surface area contributed by atoms with Gasteiger partial charge in [0.15, 0.2) is 0 Å². The lowest BCUT2D eigenvalue weighted by Crippen LogP contribution is -2.44. The third-order valence-electron chi connectivity index (χ3n) is 3.71. The Kier molecular flexibility index (Phi) is 4.53. The lowest BCUT2D eigenvalue weighted by atomic mass is 10.0. The Labute approximate surface area is 125 Å². The monoisotopic (exact) mass is 312 g/mol. The molecule has 1 aliphatic rings. The summed E-state index contributed by atoms with van der Waals surface area (Å²) in [6, 6.07) is 5.53. The molecule has 21 heavy (non-hydrogen) atoms. The first-order valence-corrected chi connectivity index (χ1v) is 8.31. The fraction of sp³-hybridized carbons (Fsp3) is 0.500. The number of carboxylic acids is 1. The summed E-state index contributed by atoms with van der Waals surface area (Å²) in [5.74, 6) is -1.57. The molecule has 0 aromatic heterocycles. The molecule has 1 unspecified atom stereocenters. The van der Waals surface area contributed by atoms with Crippen molar-refractivity contribution in [2.75, 3.05) is 17.8 Å². The number of hydrogen-bond donors (Lipinski definition) is 2. The molecular formula is C14H20N2O4S. The minimum atomic E-state index is -3.72. The van der Waals surface area contributed by atoms with Gasteiger partial charge in [-0.1, -0.05) is 12.1 Å². The highest BCUT2D eigenvalue weighted by molar-refractivity contribution is 7.90. The van der Waals surface area contributed by atoms with Crippen LogP contribution >= 0.6 is 0 Å². The molecule has 1 aromatic rings. The molecule has 116 valence electrons. The Morgan fingerprint density at radius 2 is 2.10 bits per heavy atom. The Morgan fingerprint density at radius 1 is 1.38 bits per heavy atom. The molecule has 2 rings (SSSR count). The average Bonchev–Trinajstić information content (AvgIpc) is 2.43. The lowest BCUT2D eigenvalue weighted by molar-refractivity contribution is -0.142. The molecule has 0 amide bonds. The van der Waals surface area contributed by atoms with Gasteiger partial charge in [-0.2, -0.15) is 12.7 Å². The maximum atomic E-state index is 12.4. The summed E-state index contributed by atoms with van der Waals surface area (Å²) in [6.45, 7) is 4.09. The third kappa shape index (κ3) is 3.74. The van der Waals surface area contributed by atoms with Crippen LogP contribution in [0, 0.1) is 19.8 Å². The second kappa shape index (κ2) is 6.03.